The van der Waals surface area contributed by atoms with E-state index in [-0.39, 0.29) is 5.84 Å². The van der Waals surface area contributed by atoms with Crippen LogP contribution in [-0.4, -0.2) is 11.8 Å². The summed E-state index contributed by atoms with van der Waals surface area (Å²) in [5, 5.41) is 5.01. The Balaban J connectivity index is 1.59. The molecule has 0 bridgehead atoms. The van der Waals surface area contributed by atoms with Crippen LogP contribution in [0.5, 0.6) is 5.75 Å². The number of hydrogen-bond donors (Lipinski definition) is 1. The number of nitrogens with two attached hydrogens (primary N) is 1. The molecule has 0 unspecified atom stereocenters. The van der Waals surface area contributed by atoms with Crippen LogP contribution in [0.4, 0.5) is 0 Å². The average Bonchev–Trinajstić information content (AvgIpc) is 2.70. The normalized spacial score (nSPS) is 11.2. The first kappa shape index (κ1) is 21.0. The third kappa shape index (κ3) is 5.87. The molecule has 3 aromatic carbocycles. The zero-order valence-electron chi connectivity index (χ0n) is 14.9. The fourth-order valence-corrected chi connectivity index (χ4v) is 3.04. The first-order valence-electron chi connectivity index (χ1n) is 8.40. The van der Waals surface area contributed by atoms with Gasteiger partial charge >= 0.3 is 5.97 Å². The van der Waals surface area contributed by atoms with Crippen LogP contribution in [-0.2, 0) is 11.4 Å². The number of carbonyl (C=O) groups excluding carboxylic acids is 1. The van der Waals surface area contributed by atoms with Crippen LogP contribution in [0.15, 0.2) is 71.9 Å². The van der Waals surface area contributed by atoms with E-state index >= 15 is 0 Å². The Morgan fingerprint density at radius 2 is 1.66 bits per heavy atom. The van der Waals surface area contributed by atoms with Crippen LogP contribution in [0.3, 0.4) is 0 Å². The number of halogens is 3. The van der Waals surface area contributed by atoms with Crippen LogP contribution in [0, 0.1) is 0 Å². The number of oxime groups is 1. The lowest BCUT2D eigenvalue weighted by atomic mass is 10.1. The van der Waals surface area contributed by atoms with Gasteiger partial charge in [0.25, 0.3) is 0 Å². The van der Waals surface area contributed by atoms with Crippen molar-refractivity contribution in [3.8, 4) is 5.75 Å². The maximum Gasteiger partial charge on any atom is 0.365 e. The molecule has 0 amide bonds. The van der Waals surface area contributed by atoms with E-state index in [1.807, 2.05) is 6.07 Å². The average molecular weight is 450 g/mol. The highest BCUT2D eigenvalue weighted by Crippen LogP contribution is 2.21. The number of benzene rings is 3. The maximum atomic E-state index is 12.2. The van der Waals surface area contributed by atoms with Crippen LogP contribution in [0.25, 0.3) is 0 Å². The summed E-state index contributed by atoms with van der Waals surface area (Å²) in [6.45, 7) is 0.329. The van der Waals surface area contributed by atoms with Crippen molar-refractivity contribution >= 4 is 46.6 Å². The number of nitrogens with zero attached hydrogens (tertiary/aromatic N) is 1. The minimum absolute atomic E-state index is 0.0356. The van der Waals surface area contributed by atoms with Gasteiger partial charge in [-0.1, -0.05) is 58.2 Å². The molecular formula is C21H15Cl3N2O3. The minimum Gasteiger partial charge on any atom is -0.489 e. The third-order valence-corrected chi connectivity index (χ3v) is 4.61. The van der Waals surface area contributed by atoms with E-state index in [9.17, 15) is 4.79 Å². The Bertz CT molecular complexity index is 1050. The summed E-state index contributed by atoms with van der Waals surface area (Å²) < 4.78 is 5.66. The topological polar surface area (TPSA) is 73.9 Å². The van der Waals surface area contributed by atoms with Crippen molar-refractivity contribution in [2.75, 3.05) is 0 Å². The van der Waals surface area contributed by atoms with E-state index < -0.39 is 5.97 Å². The van der Waals surface area contributed by atoms with Gasteiger partial charge in [0.15, 0.2) is 5.84 Å². The summed E-state index contributed by atoms with van der Waals surface area (Å²) in [4.78, 5) is 17.1. The highest BCUT2D eigenvalue weighted by atomic mass is 35.5. The second kappa shape index (κ2) is 9.65. The Morgan fingerprint density at radius 1 is 0.931 bits per heavy atom. The molecule has 0 atom stereocenters. The molecule has 0 heterocycles. The Kier molecular flexibility index (Phi) is 6.99. The molecule has 0 aliphatic carbocycles. The van der Waals surface area contributed by atoms with Crippen molar-refractivity contribution in [2.24, 2.45) is 10.9 Å². The second-order valence-corrected chi connectivity index (χ2v) is 7.20. The van der Waals surface area contributed by atoms with Crippen molar-refractivity contribution in [3.63, 3.8) is 0 Å². The zero-order chi connectivity index (χ0) is 20.8. The van der Waals surface area contributed by atoms with Crippen LogP contribution in [0.2, 0.25) is 15.1 Å². The predicted molar refractivity (Wildman–Crippen MR) is 115 cm³/mol. The largest absolute Gasteiger partial charge is 0.489 e. The van der Waals surface area contributed by atoms with Crippen molar-refractivity contribution in [1.82, 2.24) is 0 Å². The van der Waals surface area contributed by atoms with Crippen molar-refractivity contribution in [3.05, 3.63) is 98.5 Å². The highest BCUT2D eigenvalue weighted by Gasteiger charge is 2.10. The first-order chi connectivity index (χ1) is 13.9. The zero-order valence-corrected chi connectivity index (χ0v) is 17.2. The molecule has 0 fully saturated rings. The van der Waals surface area contributed by atoms with Gasteiger partial charge in [-0.05, 0) is 54.1 Å². The highest BCUT2D eigenvalue weighted by molar-refractivity contribution is 6.36. The Hall–Kier alpha value is -2.73. The third-order valence-electron chi connectivity index (χ3n) is 3.83. The van der Waals surface area contributed by atoms with Gasteiger partial charge in [-0.25, -0.2) is 4.79 Å². The predicted octanol–water partition coefficient (Wildman–Crippen LogP) is 5.70. The molecule has 0 spiro atoms. The molecule has 3 aromatic rings. The molecule has 0 aromatic heterocycles. The summed E-state index contributed by atoms with van der Waals surface area (Å²) in [5.74, 6) is -0.0291. The number of ether oxygens (including phenoxy) is 1. The summed E-state index contributed by atoms with van der Waals surface area (Å²) in [5.41, 5.74) is 7.42. The number of hydrogen-bond acceptors (Lipinski definition) is 4. The molecule has 2 N–H and O–H groups in total. The Morgan fingerprint density at radius 3 is 2.34 bits per heavy atom. The molecule has 5 nitrogen and oxygen atoms in total. The summed E-state index contributed by atoms with van der Waals surface area (Å²) in [6.07, 6.45) is 0. The standard InChI is InChI=1S/C21H15Cl3N2O3/c22-15-2-1-3-17(10-15)28-12-13-4-6-14(7-5-13)21(27)29-26-20(25)18-9-8-16(23)11-19(18)24/h1-11H,12H2,(H2,25,26). The molecule has 0 radical (unpaired) electrons. The SMILES string of the molecule is N/C(=N\OC(=O)c1ccc(COc2cccc(Cl)c2)cc1)c1ccc(Cl)cc1Cl. The number of amidine groups is 1. The lowest BCUT2D eigenvalue weighted by Crippen LogP contribution is -2.15. The van der Waals surface area contributed by atoms with Gasteiger partial charge in [0.05, 0.1) is 10.6 Å². The fourth-order valence-electron chi connectivity index (χ4n) is 2.35. The lowest BCUT2D eigenvalue weighted by Gasteiger charge is -2.07. The van der Waals surface area contributed by atoms with Gasteiger partial charge in [0.1, 0.15) is 12.4 Å². The van der Waals surface area contributed by atoms with Gasteiger partial charge in [-0.2, -0.15) is 0 Å². The van der Waals surface area contributed by atoms with Crippen LogP contribution in [0.1, 0.15) is 21.5 Å². The summed E-state index contributed by atoms with van der Waals surface area (Å²) in [6, 6.07) is 18.6. The summed E-state index contributed by atoms with van der Waals surface area (Å²) in [7, 11) is 0. The van der Waals surface area contributed by atoms with E-state index in [0.29, 0.717) is 38.6 Å². The molecule has 8 heteroatoms. The van der Waals surface area contributed by atoms with Gasteiger partial charge in [0.2, 0.25) is 0 Å². The Labute approximate surface area is 182 Å². The van der Waals surface area contributed by atoms with Gasteiger partial charge in [0, 0.05) is 15.6 Å². The number of carbonyl (C=O) groups is 1. The number of rotatable bonds is 6. The summed E-state index contributed by atoms with van der Waals surface area (Å²) >= 11 is 17.8. The fraction of sp³-hybridized carbons (Fsp3) is 0.0476. The lowest BCUT2D eigenvalue weighted by molar-refractivity contribution is 0.0516. The van der Waals surface area contributed by atoms with Gasteiger partial charge in [-0.3, -0.25) is 0 Å². The van der Waals surface area contributed by atoms with E-state index in [4.69, 9.17) is 50.1 Å². The smallest absolute Gasteiger partial charge is 0.365 e. The molecule has 0 aliphatic rings. The van der Waals surface area contributed by atoms with E-state index in [1.165, 1.54) is 6.07 Å². The second-order valence-electron chi connectivity index (χ2n) is 5.92. The van der Waals surface area contributed by atoms with Crippen LogP contribution < -0.4 is 10.5 Å². The van der Waals surface area contributed by atoms with Crippen molar-refractivity contribution < 1.29 is 14.4 Å². The monoisotopic (exact) mass is 448 g/mol. The van der Waals surface area contributed by atoms with E-state index in [0.717, 1.165) is 5.56 Å². The van der Waals surface area contributed by atoms with Crippen molar-refractivity contribution in [1.29, 1.82) is 0 Å². The minimum atomic E-state index is -0.652. The van der Waals surface area contributed by atoms with E-state index in [2.05, 4.69) is 5.16 Å². The van der Waals surface area contributed by atoms with Crippen LogP contribution >= 0.6 is 34.8 Å². The molecule has 3 rings (SSSR count). The van der Waals surface area contributed by atoms with E-state index in [1.54, 1.807) is 54.6 Å². The molecule has 0 saturated carbocycles. The quantitative estimate of drug-likeness (QED) is 0.227. The maximum absolute atomic E-state index is 12.2. The molecular weight excluding hydrogens is 435 g/mol. The van der Waals surface area contributed by atoms with Crippen molar-refractivity contribution in [2.45, 2.75) is 6.61 Å². The molecule has 0 aliphatic heterocycles. The molecule has 0 saturated heterocycles. The molecule has 29 heavy (non-hydrogen) atoms. The molecule has 148 valence electrons. The first-order valence-corrected chi connectivity index (χ1v) is 9.53. The van der Waals surface area contributed by atoms with Gasteiger partial charge < -0.3 is 15.3 Å². The van der Waals surface area contributed by atoms with Gasteiger partial charge in [-0.15, -0.1) is 0 Å².